The van der Waals surface area contributed by atoms with Crippen LogP contribution >= 0.6 is 0 Å². The number of rotatable bonds is 4. The normalized spacial score (nSPS) is 11.4. The van der Waals surface area contributed by atoms with Crippen LogP contribution in [0.3, 0.4) is 0 Å². The summed E-state index contributed by atoms with van der Waals surface area (Å²) in [6, 6.07) is 33.8. The highest BCUT2D eigenvalue weighted by atomic mass is 15.4. The summed E-state index contributed by atoms with van der Waals surface area (Å²) in [4.78, 5) is 9.49. The summed E-state index contributed by atoms with van der Waals surface area (Å²) in [6.07, 6.45) is 0. The number of hydrogen-bond acceptors (Lipinski definition) is 3. The summed E-state index contributed by atoms with van der Waals surface area (Å²) in [7, 11) is 0. The van der Waals surface area contributed by atoms with Crippen molar-refractivity contribution in [2.75, 3.05) is 5.43 Å². The predicted octanol–water partition coefficient (Wildman–Crippen LogP) is 6.46. The Morgan fingerprint density at radius 1 is 0.656 bits per heavy atom. The molecule has 0 fully saturated rings. The number of hydrogen-bond donors (Lipinski definition) is 1. The van der Waals surface area contributed by atoms with E-state index in [1.54, 1.807) is 0 Å². The first kappa shape index (κ1) is 18.6. The minimum atomic E-state index is 0.542. The topological polar surface area (TPSA) is 42.7 Å². The molecule has 4 nitrogen and oxygen atoms in total. The minimum absolute atomic E-state index is 0.542. The fourth-order valence-corrected chi connectivity index (χ4v) is 4.48. The van der Waals surface area contributed by atoms with Crippen molar-refractivity contribution >= 4 is 32.7 Å². The molecule has 0 saturated carbocycles. The lowest BCUT2D eigenvalue weighted by atomic mass is 10.0. The van der Waals surface area contributed by atoms with E-state index in [0.29, 0.717) is 6.54 Å². The zero-order valence-electron chi connectivity index (χ0n) is 17.8. The Kier molecular flexibility index (Phi) is 4.36. The lowest BCUT2D eigenvalue weighted by Gasteiger charge is -2.12. The van der Waals surface area contributed by atoms with E-state index in [-0.39, 0.29) is 0 Å². The fourth-order valence-electron chi connectivity index (χ4n) is 4.48. The molecule has 154 valence electrons. The average Bonchev–Trinajstić information content (AvgIpc) is 3.16. The molecule has 6 aromatic rings. The van der Waals surface area contributed by atoms with Gasteiger partial charge < -0.3 is 5.43 Å². The van der Waals surface area contributed by atoms with Crippen molar-refractivity contribution in [3.05, 3.63) is 109 Å². The molecular weight excluding hydrogens is 392 g/mol. The van der Waals surface area contributed by atoms with Crippen LogP contribution < -0.4 is 5.43 Å². The second kappa shape index (κ2) is 7.50. The third-order valence-electron chi connectivity index (χ3n) is 6.02. The second-order valence-electron chi connectivity index (χ2n) is 8.03. The van der Waals surface area contributed by atoms with Crippen LogP contribution in [-0.2, 0) is 6.54 Å². The largest absolute Gasteiger partial charge is 0.318 e. The van der Waals surface area contributed by atoms with Gasteiger partial charge in [-0.05, 0) is 42.3 Å². The Morgan fingerprint density at radius 2 is 1.38 bits per heavy atom. The maximum absolute atomic E-state index is 4.76. The molecule has 2 heterocycles. The van der Waals surface area contributed by atoms with Crippen LogP contribution in [0.15, 0.2) is 97.1 Å². The standard InChI is InChI=1S/C28H22N4/c1-19-22-11-5-7-13-25(22)31-28(30-19)18-29-32-26-14-8-6-12-23(26)24-17-21(15-16-27(24)32)20-9-3-2-4-10-20/h2-17,29H,18H2,1H3. The van der Waals surface area contributed by atoms with Crippen molar-refractivity contribution in [3.8, 4) is 11.1 Å². The summed E-state index contributed by atoms with van der Waals surface area (Å²) in [5.41, 5.74) is 10.3. The van der Waals surface area contributed by atoms with Gasteiger partial charge in [-0.15, -0.1) is 0 Å². The smallest absolute Gasteiger partial charge is 0.149 e. The second-order valence-corrected chi connectivity index (χ2v) is 8.03. The van der Waals surface area contributed by atoms with Crippen molar-refractivity contribution in [2.45, 2.75) is 13.5 Å². The molecule has 0 bridgehead atoms. The number of benzene rings is 4. The number of para-hydroxylation sites is 2. The summed E-state index contributed by atoms with van der Waals surface area (Å²) >= 11 is 0. The van der Waals surface area contributed by atoms with E-state index in [0.717, 1.165) is 33.5 Å². The molecule has 32 heavy (non-hydrogen) atoms. The van der Waals surface area contributed by atoms with Crippen LogP contribution in [0.2, 0.25) is 0 Å². The highest BCUT2D eigenvalue weighted by Gasteiger charge is 2.12. The first-order valence-electron chi connectivity index (χ1n) is 10.8. The molecule has 1 N–H and O–H groups in total. The molecule has 0 amide bonds. The molecule has 0 spiro atoms. The van der Waals surface area contributed by atoms with Gasteiger partial charge in [0.2, 0.25) is 0 Å². The molecule has 0 unspecified atom stereocenters. The monoisotopic (exact) mass is 414 g/mol. The van der Waals surface area contributed by atoms with Gasteiger partial charge >= 0.3 is 0 Å². The maximum atomic E-state index is 4.76. The van der Waals surface area contributed by atoms with Gasteiger partial charge in [0.25, 0.3) is 0 Å². The van der Waals surface area contributed by atoms with E-state index in [1.807, 2.05) is 31.2 Å². The number of fused-ring (bicyclic) bond motifs is 4. The molecule has 4 aromatic carbocycles. The SMILES string of the molecule is Cc1nc(CNn2c3ccccc3c3cc(-c4ccccc4)ccc32)nc2ccccc12. The average molecular weight is 415 g/mol. The molecule has 0 atom stereocenters. The predicted molar refractivity (Wildman–Crippen MR) is 132 cm³/mol. The third-order valence-corrected chi connectivity index (χ3v) is 6.02. The van der Waals surface area contributed by atoms with Gasteiger partial charge in [0.1, 0.15) is 5.82 Å². The van der Waals surface area contributed by atoms with E-state index in [2.05, 4.69) is 82.9 Å². The Labute approximate surface area is 186 Å². The lowest BCUT2D eigenvalue weighted by molar-refractivity contribution is 0.840. The van der Waals surface area contributed by atoms with Crippen LogP contribution in [-0.4, -0.2) is 14.6 Å². The van der Waals surface area contributed by atoms with Crippen molar-refractivity contribution in [2.24, 2.45) is 0 Å². The summed E-state index contributed by atoms with van der Waals surface area (Å²) < 4.78 is 2.16. The first-order valence-corrected chi connectivity index (χ1v) is 10.8. The number of aromatic nitrogens is 3. The number of nitrogens with one attached hydrogen (secondary N) is 1. The van der Waals surface area contributed by atoms with Gasteiger partial charge in [0.15, 0.2) is 0 Å². The Bertz CT molecular complexity index is 1580. The molecule has 2 aromatic heterocycles. The van der Waals surface area contributed by atoms with Gasteiger partial charge in [-0.1, -0.05) is 72.8 Å². The minimum Gasteiger partial charge on any atom is -0.318 e. The summed E-state index contributed by atoms with van der Waals surface area (Å²) in [5.74, 6) is 0.785. The zero-order chi connectivity index (χ0) is 21.5. The van der Waals surface area contributed by atoms with Crippen molar-refractivity contribution < 1.29 is 0 Å². The van der Waals surface area contributed by atoms with E-state index >= 15 is 0 Å². The number of nitrogens with zero attached hydrogens (tertiary/aromatic N) is 3. The van der Waals surface area contributed by atoms with Crippen LogP contribution in [0.25, 0.3) is 43.8 Å². The van der Waals surface area contributed by atoms with Crippen molar-refractivity contribution in [1.82, 2.24) is 14.6 Å². The maximum Gasteiger partial charge on any atom is 0.149 e. The van der Waals surface area contributed by atoms with Crippen LogP contribution in [0, 0.1) is 6.92 Å². The van der Waals surface area contributed by atoms with E-state index in [4.69, 9.17) is 9.97 Å². The zero-order valence-corrected chi connectivity index (χ0v) is 17.8. The molecule has 0 aliphatic heterocycles. The van der Waals surface area contributed by atoms with Gasteiger partial charge in [0.05, 0.1) is 23.1 Å². The first-order chi connectivity index (χ1) is 15.8. The van der Waals surface area contributed by atoms with E-state index in [9.17, 15) is 0 Å². The van der Waals surface area contributed by atoms with Crippen LogP contribution in [0.1, 0.15) is 11.5 Å². The van der Waals surface area contributed by atoms with Gasteiger partial charge in [-0.3, -0.25) is 4.68 Å². The Hall–Kier alpha value is -4.18. The van der Waals surface area contributed by atoms with Crippen LogP contribution in [0.4, 0.5) is 0 Å². The van der Waals surface area contributed by atoms with E-state index < -0.39 is 0 Å². The molecule has 0 saturated heterocycles. The Balaban J connectivity index is 1.43. The Morgan fingerprint density at radius 3 is 2.25 bits per heavy atom. The number of aryl methyl sites for hydroxylation is 1. The molecule has 0 aliphatic carbocycles. The van der Waals surface area contributed by atoms with Crippen LogP contribution in [0.5, 0.6) is 0 Å². The lowest BCUT2D eigenvalue weighted by Crippen LogP contribution is -2.16. The van der Waals surface area contributed by atoms with Gasteiger partial charge in [-0.2, -0.15) is 0 Å². The van der Waals surface area contributed by atoms with Crippen molar-refractivity contribution in [1.29, 1.82) is 0 Å². The molecular formula is C28H22N4. The molecule has 0 radical (unpaired) electrons. The summed E-state index contributed by atoms with van der Waals surface area (Å²) in [6.45, 7) is 2.58. The third kappa shape index (κ3) is 3.08. The quantitative estimate of drug-likeness (QED) is 0.360. The highest BCUT2D eigenvalue weighted by molar-refractivity contribution is 6.09. The van der Waals surface area contributed by atoms with Crippen molar-refractivity contribution in [3.63, 3.8) is 0 Å². The van der Waals surface area contributed by atoms with Gasteiger partial charge in [-0.25, -0.2) is 9.97 Å². The molecule has 4 heteroatoms. The molecule has 6 rings (SSSR count). The van der Waals surface area contributed by atoms with Gasteiger partial charge in [0, 0.05) is 21.9 Å². The summed E-state index contributed by atoms with van der Waals surface area (Å²) in [5, 5.41) is 3.55. The fraction of sp³-hybridized carbons (Fsp3) is 0.0714. The molecule has 0 aliphatic rings. The highest BCUT2D eigenvalue weighted by Crippen LogP contribution is 2.32. The van der Waals surface area contributed by atoms with E-state index in [1.165, 1.54) is 21.9 Å².